The second kappa shape index (κ2) is 7.22. The minimum absolute atomic E-state index is 0.239. The predicted octanol–water partition coefficient (Wildman–Crippen LogP) is 7.33. The average molecular weight is 421 g/mol. The number of ether oxygens (including phenoxy) is 1. The van der Waals surface area contributed by atoms with Gasteiger partial charge in [0.2, 0.25) is 0 Å². The van der Waals surface area contributed by atoms with Crippen molar-refractivity contribution in [2.24, 2.45) is 39.9 Å². The maximum absolute atomic E-state index is 13.7. The smallest absolute Gasteiger partial charge is 0.164 e. The first-order chi connectivity index (χ1) is 14.7. The molecule has 6 atom stereocenters. The van der Waals surface area contributed by atoms with Crippen LogP contribution in [0.1, 0.15) is 84.6 Å². The van der Waals surface area contributed by atoms with Crippen LogP contribution in [0.5, 0.6) is 5.75 Å². The van der Waals surface area contributed by atoms with Crippen molar-refractivity contribution >= 4 is 11.9 Å². The van der Waals surface area contributed by atoms with Gasteiger partial charge in [0.05, 0.1) is 7.11 Å². The van der Waals surface area contributed by atoms with Crippen LogP contribution in [0.4, 0.5) is 0 Å². The predicted molar refractivity (Wildman–Crippen MR) is 127 cm³/mol. The largest absolute Gasteiger partial charge is 0.497 e. The molecule has 0 bridgehead atoms. The van der Waals surface area contributed by atoms with E-state index < -0.39 is 0 Å². The summed E-state index contributed by atoms with van der Waals surface area (Å²) in [6, 6.07) is 8.14. The van der Waals surface area contributed by atoms with E-state index in [1.165, 1.54) is 44.9 Å². The number of hydrogen-bond acceptors (Lipinski definition) is 2. The van der Waals surface area contributed by atoms with Crippen LogP contribution in [0.15, 0.2) is 29.8 Å². The highest BCUT2D eigenvalue weighted by atomic mass is 16.5. The zero-order chi connectivity index (χ0) is 22.0. The molecule has 0 aromatic heterocycles. The van der Waals surface area contributed by atoms with Crippen LogP contribution in [0.2, 0.25) is 0 Å². The van der Waals surface area contributed by atoms with Gasteiger partial charge in [-0.25, -0.2) is 0 Å². The summed E-state index contributed by atoms with van der Waals surface area (Å²) in [4.78, 5) is 13.7. The van der Waals surface area contributed by atoms with E-state index in [4.69, 9.17) is 4.74 Å². The van der Waals surface area contributed by atoms with Gasteiger partial charge in [-0.05, 0) is 109 Å². The number of carbonyl (C=O) groups is 1. The van der Waals surface area contributed by atoms with E-state index in [9.17, 15) is 4.79 Å². The monoisotopic (exact) mass is 420 g/mol. The van der Waals surface area contributed by atoms with Crippen molar-refractivity contribution in [1.82, 2.24) is 0 Å². The number of carbonyl (C=O) groups excluding carboxylic acids is 1. The number of rotatable bonds is 2. The molecule has 4 saturated carbocycles. The Hall–Kier alpha value is -1.57. The van der Waals surface area contributed by atoms with Gasteiger partial charge in [-0.2, -0.15) is 0 Å². The number of methoxy groups -OCH3 is 1. The molecule has 4 aliphatic carbocycles. The average Bonchev–Trinajstić information content (AvgIpc) is 3.14. The maximum Gasteiger partial charge on any atom is 0.164 e. The van der Waals surface area contributed by atoms with E-state index in [1.54, 1.807) is 7.11 Å². The van der Waals surface area contributed by atoms with Crippen LogP contribution in [-0.4, -0.2) is 12.9 Å². The van der Waals surface area contributed by atoms with E-state index in [-0.39, 0.29) is 10.8 Å². The van der Waals surface area contributed by atoms with Crippen molar-refractivity contribution in [2.45, 2.75) is 79.1 Å². The Labute approximate surface area is 188 Å². The van der Waals surface area contributed by atoms with Gasteiger partial charge in [0, 0.05) is 5.41 Å². The first kappa shape index (κ1) is 21.3. The van der Waals surface area contributed by atoms with Gasteiger partial charge in [0.25, 0.3) is 0 Å². The fourth-order valence-corrected chi connectivity index (χ4v) is 8.97. The first-order valence-electron chi connectivity index (χ1n) is 12.6. The lowest BCUT2D eigenvalue weighted by atomic mass is 9.41. The topological polar surface area (TPSA) is 26.3 Å². The zero-order valence-corrected chi connectivity index (χ0v) is 20.2. The van der Waals surface area contributed by atoms with Gasteiger partial charge in [-0.15, -0.1) is 0 Å². The van der Waals surface area contributed by atoms with E-state index in [1.807, 2.05) is 12.1 Å². The van der Waals surface area contributed by atoms with Crippen LogP contribution in [0, 0.1) is 39.9 Å². The van der Waals surface area contributed by atoms with Crippen molar-refractivity contribution in [1.29, 1.82) is 0 Å². The van der Waals surface area contributed by atoms with E-state index in [0.717, 1.165) is 41.1 Å². The molecule has 1 aromatic rings. The highest BCUT2D eigenvalue weighted by molar-refractivity contribution is 6.04. The summed E-state index contributed by atoms with van der Waals surface area (Å²) in [5.74, 6) is 4.31. The molecule has 2 nitrogen and oxygen atoms in total. The molecule has 4 fully saturated rings. The molecule has 0 saturated heterocycles. The SMILES string of the molecule is COc1ccc(/C=C2/CC3(C)C4CCC5(C)CCCC5C4CC[C@H]3C(C)(C)C2=O)cc1. The van der Waals surface area contributed by atoms with Crippen LogP contribution in [-0.2, 0) is 4.79 Å². The highest BCUT2D eigenvalue weighted by Crippen LogP contribution is 2.68. The fraction of sp³-hybridized carbons (Fsp3) is 0.690. The lowest BCUT2D eigenvalue weighted by molar-refractivity contribution is -0.153. The molecule has 0 aliphatic heterocycles. The molecule has 2 heteroatoms. The molecular weight excluding hydrogens is 380 g/mol. The van der Waals surface area contributed by atoms with Crippen molar-refractivity contribution in [3.8, 4) is 5.75 Å². The third kappa shape index (κ3) is 3.15. The van der Waals surface area contributed by atoms with Crippen molar-refractivity contribution in [2.75, 3.05) is 7.11 Å². The summed E-state index contributed by atoms with van der Waals surface area (Å²) in [6.45, 7) is 9.62. The van der Waals surface area contributed by atoms with Crippen molar-refractivity contribution in [3.63, 3.8) is 0 Å². The fourth-order valence-electron chi connectivity index (χ4n) is 8.97. The molecule has 0 amide bonds. The van der Waals surface area contributed by atoms with Crippen molar-refractivity contribution < 1.29 is 9.53 Å². The van der Waals surface area contributed by atoms with Gasteiger partial charge in [-0.3, -0.25) is 4.79 Å². The lowest BCUT2D eigenvalue weighted by Crippen LogP contribution is -2.58. The van der Waals surface area contributed by atoms with Crippen LogP contribution in [0.25, 0.3) is 6.08 Å². The van der Waals surface area contributed by atoms with Gasteiger partial charge in [0.1, 0.15) is 5.75 Å². The molecule has 1 aromatic carbocycles. The van der Waals surface area contributed by atoms with Crippen LogP contribution >= 0.6 is 0 Å². The van der Waals surface area contributed by atoms with E-state index in [2.05, 4.69) is 45.9 Å². The second-order valence-corrected chi connectivity index (χ2v) is 12.3. The summed E-state index contributed by atoms with van der Waals surface area (Å²) in [6.07, 6.45) is 12.8. The normalized spacial score (nSPS) is 42.6. The third-order valence-electron chi connectivity index (χ3n) is 10.4. The standard InChI is InChI=1S/C29H40O2/c1-27(2)25-13-12-22-23-7-6-15-28(23,3)16-14-24(22)29(25,4)18-20(26(27)30)17-19-8-10-21(31-5)11-9-19/h8-11,17,22-25H,6-7,12-16,18H2,1-5H3/b20-17-/t22?,23?,24?,25-,28?,29?/m0/s1. The number of benzene rings is 1. The number of fused-ring (bicyclic) bond motifs is 5. The first-order valence-corrected chi connectivity index (χ1v) is 12.6. The molecule has 0 spiro atoms. The Kier molecular flexibility index (Phi) is 4.96. The molecule has 0 N–H and O–H groups in total. The quantitative estimate of drug-likeness (QED) is 0.468. The van der Waals surface area contributed by atoms with Crippen molar-refractivity contribution in [3.05, 3.63) is 35.4 Å². The molecular formula is C29H40O2. The van der Waals surface area contributed by atoms with Gasteiger partial charge < -0.3 is 4.74 Å². The van der Waals surface area contributed by atoms with Crippen LogP contribution in [0.3, 0.4) is 0 Å². The number of hydrogen-bond donors (Lipinski definition) is 0. The number of Topliss-reactive ketones (excluding diaryl/α,β-unsaturated/α-hetero) is 1. The minimum atomic E-state index is -0.271. The molecule has 168 valence electrons. The molecule has 4 aliphatic rings. The lowest BCUT2D eigenvalue weighted by Gasteiger charge is -2.63. The molecule has 31 heavy (non-hydrogen) atoms. The summed E-state index contributed by atoms with van der Waals surface area (Å²) < 4.78 is 5.31. The second-order valence-electron chi connectivity index (χ2n) is 12.3. The molecule has 5 rings (SSSR count). The number of allylic oxidation sites excluding steroid dienone is 1. The highest BCUT2D eigenvalue weighted by Gasteiger charge is 2.62. The Bertz CT molecular complexity index is 894. The van der Waals surface area contributed by atoms with Gasteiger partial charge in [-0.1, -0.05) is 46.2 Å². The summed E-state index contributed by atoms with van der Waals surface area (Å²) in [5, 5.41) is 0. The van der Waals surface area contributed by atoms with Gasteiger partial charge >= 0.3 is 0 Å². The molecule has 0 radical (unpaired) electrons. The van der Waals surface area contributed by atoms with E-state index >= 15 is 0 Å². The Morgan fingerprint density at radius 3 is 2.39 bits per heavy atom. The zero-order valence-electron chi connectivity index (χ0n) is 20.2. The van der Waals surface area contributed by atoms with Gasteiger partial charge in [0.15, 0.2) is 5.78 Å². The summed E-state index contributed by atoms with van der Waals surface area (Å²) in [5.41, 5.74) is 2.72. The maximum atomic E-state index is 13.7. The van der Waals surface area contributed by atoms with E-state index in [0.29, 0.717) is 17.1 Å². The minimum Gasteiger partial charge on any atom is -0.497 e. The Morgan fingerprint density at radius 2 is 1.68 bits per heavy atom. The summed E-state index contributed by atoms with van der Waals surface area (Å²) in [7, 11) is 1.70. The number of ketones is 1. The summed E-state index contributed by atoms with van der Waals surface area (Å²) >= 11 is 0. The molecule has 5 unspecified atom stereocenters. The third-order valence-corrected chi connectivity index (χ3v) is 10.4. The Balaban J connectivity index is 1.51. The molecule has 0 heterocycles. The Morgan fingerprint density at radius 1 is 0.935 bits per heavy atom. The van der Waals surface area contributed by atoms with Crippen LogP contribution < -0.4 is 4.74 Å².